The van der Waals surface area contributed by atoms with Crippen molar-refractivity contribution < 1.29 is 4.79 Å². The van der Waals surface area contributed by atoms with Gasteiger partial charge >= 0.3 is 0 Å². The van der Waals surface area contributed by atoms with Gasteiger partial charge in [-0.3, -0.25) is 4.79 Å². The summed E-state index contributed by atoms with van der Waals surface area (Å²) >= 11 is 0. The molecule has 0 aliphatic heterocycles. The molecule has 3 rings (SSSR count). The van der Waals surface area contributed by atoms with Crippen LogP contribution in [0.3, 0.4) is 0 Å². The number of aromatic nitrogens is 1. The van der Waals surface area contributed by atoms with Gasteiger partial charge in [-0.1, -0.05) is 38.0 Å². The SMILES string of the molecule is CC1(CNC(=O)[C@@H](N)Cc2c[nH]c3ccccc23)CCCC1.Cl. The van der Waals surface area contributed by atoms with Crippen molar-refractivity contribution in [2.24, 2.45) is 11.1 Å². The zero-order chi connectivity index (χ0) is 15.6. The van der Waals surface area contributed by atoms with Crippen LogP contribution in [0.5, 0.6) is 0 Å². The molecule has 0 spiro atoms. The molecular formula is C18H26ClN3O. The Morgan fingerprint density at radius 2 is 2.04 bits per heavy atom. The molecule has 1 amide bonds. The molecule has 1 fully saturated rings. The number of hydrogen-bond donors (Lipinski definition) is 3. The summed E-state index contributed by atoms with van der Waals surface area (Å²) in [7, 11) is 0. The average molecular weight is 336 g/mol. The van der Waals surface area contributed by atoms with Crippen molar-refractivity contribution in [3.8, 4) is 0 Å². The lowest BCUT2D eigenvalue weighted by atomic mass is 9.89. The van der Waals surface area contributed by atoms with E-state index in [1.54, 1.807) is 0 Å². The lowest BCUT2D eigenvalue weighted by Gasteiger charge is -2.24. The van der Waals surface area contributed by atoms with Gasteiger partial charge < -0.3 is 16.0 Å². The number of para-hydroxylation sites is 1. The minimum atomic E-state index is -0.496. The Morgan fingerprint density at radius 3 is 2.78 bits per heavy atom. The van der Waals surface area contributed by atoms with Crippen LogP contribution in [0.2, 0.25) is 0 Å². The summed E-state index contributed by atoms with van der Waals surface area (Å²) in [5.41, 5.74) is 8.55. The minimum absolute atomic E-state index is 0. The zero-order valence-corrected chi connectivity index (χ0v) is 14.4. The van der Waals surface area contributed by atoms with Crippen LogP contribution < -0.4 is 11.1 Å². The molecule has 0 bridgehead atoms. The Bertz CT molecular complexity index is 661. The van der Waals surface area contributed by atoms with Crippen LogP contribution in [0.25, 0.3) is 10.9 Å². The van der Waals surface area contributed by atoms with Gasteiger partial charge in [-0.2, -0.15) is 0 Å². The molecule has 0 saturated heterocycles. The van der Waals surface area contributed by atoms with Gasteiger partial charge in [-0.05, 0) is 36.3 Å². The molecule has 1 atom stereocenters. The highest BCUT2D eigenvalue weighted by Gasteiger charge is 2.29. The molecule has 1 aromatic heterocycles. The Morgan fingerprint density at radius 1 is 1.35 bits per heavy atom. The quantitative estimate of drug-likeness (QED) is 0.785. The van der Waals surface area contributed by atoms with Gasteiger partial charge in [0.05, 0.1) is 6.04 Å². The molecule has 1 saturated carbocycles. The second-order valence-electron chi connectivity index (χ2n) is 6.91. The summed E-state index contributed by atoms with van der Waals surface area (Å²) in [5, 5.41) is 4.20. The van der Waals surface area contributed by atoms with Crippen LogP contribution in [0.1, 0.15) is 38.2 Å². The largest absolute Gasteiger partial charge is 0.361 e. The zero-order valence-electron chi connectivity index (χ0n) is 13.6. The summed E-state index contributed by atoms with van der Waals surface area (Å²) in [4.78, 5) is 15.5. The highest BCUT2D eigenvalue weighted by atomic mass is 35.5. The van der Waals surface area contributed by atoms with E-state index < -0.39 is 6.04 Å². The number of benzene rings is 1. The maximum atomic E-state index is 12.3. The van der Waals surface area contributed by atoms with Gasteiger partial charge in [0.1, 0.15) is 0 Å². The van der Waals surface area contributed by atoms with Crippen molar-refractivity contribution >= 4 is 29.2 Å². The van der Waals surface area contributed by atoms with E-state index in [-0.39, 0.29) is 23.7 Å². The molecule has 1 aliphatic carbocycles. The van der Waals surface area contributed by atoms with Gasteiger partial charge in [-0.25, -0.2) is 0 Å². The fourth-order valence-electron chi connectivity index (χ4n) is 3.47. The van der Waals surface area contributed by atoms with Gasteiger partial charge in [0.25, 0.3) is 0 Å². The van der Waals surface area contributed by atoms with E-state index >= 15 is 0 Å². The number of nitrogens with one attached hydrogen (secondary N) is 2. The molecule has 0 unspecified atom stereocenters. The van der Waals surface area contributed by atoms with Crippen LogP contribution in [-0.4, -0.2) is 23.5 Å². The smallest absolute Gasteiger partial charge is 0.237 e. The first kappa shape index (κ1) is 17.8. The molecule has 0 radical (unpaired) electrons. The Balaban J connectivity index is 0.00000192. The number of rotatable bonds is 5. The number of amides is 1. The lowest BCUT2D eigenvalue weighted by molar-refractivity contribution is -0.122. The molecule has 1 heterocycles. The molecule has 1 aromatic carbocycles. The molecule has 1 aliphatic rings. The second kappa shape index (κ2) is 7.37. The highest BCUT2D eigenvalue weighted by Crippen LogP contribution is 2.36. The number of hydrogen-bond acceptors (Lipinski definition) is 2. The summed E-state index contributed by atoms with van der Waals surface area (Å²) in [6, 6.07) is 7.60. The molecule has 5 heteroatoms. The highest BCUT2D eigenvalue weighted by molar-refractivity contribution is 5.86. The van der Waals surface area contributed by atoms with E-state index in [4.69, 9.17) is 5.73 Å². The average Bonchev–Trinajstić information content (AvgIpc) is 3.13. The third kappa shape index (κ3) is 4.06. The number of nitrogens with two attached hydrogens (primary N) is 1. The van der Waals surface area contributed by atoms with E-state index in [0.29, 0.717) is 6.42 Å². The Kier molecular flexibility index (Phi) is 5.71. The first-order chi connectivity index (χ1) is 10.6. The standard InChI is InChI=1S/C18H25N3O.ClH/c1-18(8-4-5-9-18)12-21-17(22)15(19)10-13-11-20-16-7-3-2-6-14(13)16;/h2-3,6-7,11,15,20H,4-5,8-10,12,19H2,1H3,(H,21,22);1H/t15-;/m0./s1. The predicted octanol–water partition coefficient (Wildman–Crippen LogP) is 3.16. The number of aromatic amines is 1. The second-order valence-corrected chi connectivity index (χ2v) is 6.91. The van der Waals surface area contributed by atoms with E-state index in [1.807, 2.05) is 24.4 Å². The fourth-order valence-corrected chi connectivity index (χ4v) is 3.47. The third-order valence-corrected chi connectivity index (χ3v) is 4.95. The maximum absolute atomic E-state index is 12.3. The number of halogens is 1. The van der Waals surface area contributed by atoms with E-state index in [1.165, 1.54) is 25.7 Å². The summed E-state index contributed by atoms with van der Waals surface area (Å²) < 4.78 is 0. The first-order valence-electron chi connectivity index (χ1n) is 8.16. The van der Waals surface area contributed by atoms with Gasteiger partial charge in [0.2, 0.25) is 5.91 Å². The Labute approximate surface area is 143 Å². The van der Waals surface area contributed by atoms with Crippen LogP contribution in [0.4, 0.5) is 0 Å². The maximum Gasteiger partial charge on any atom is 0.237 e. The van der Waals surface area contributed by atoms with Crippen molar-refractivity contribution in [2.45, 2.75) is 45.1 Å². The summed E-state index contributed by atoms with van der Waals surface area (Å²) in [6.07, 6.45) is 7.46. The minimum Gasteiger partial charge on any atom is -0.361 e. The van der Waals surface area contributed by atoms with Crippen molar-refractivity contribution in [1.82, 2.24) is 10.3 Å². The molecule has 126 valence electrons. The van der Waals surface area contributed by atoms with Crippen LogP contribution in [0, 0.1) is 5.41 Å². The van der Waals surface area contributed by atoms with Gasteiger partial charge in [-0.15, -0.1) is 12.4 Å². The van der Waals surface area contributed by atoms with Crippen molar-refractivity contribution in [3.63, 3.8) is 0 Å². The van der Waals surface area contributed by atoms with E-state index in [2.05, 4.69) is 23.3 Å². The number of H-pyrrole nitrogens is 1. The molecule has 4 nitrogen and oxygen atoms in total. The Hall–Kier alpha value is -1.52. The monoisotopic (exact) mass is 335 g/mol. The topological polar surface area (TPSA) is 70.9 Å². The normalized spacial score (nSPS) is 17.7. The van der Waals surface area contributed by atoms with Crippen molar-refractivity contribution in [3.05, 3.63) is 36.0 Å². The summed E-state index contributed by atoms with van der Waals surface area (Å²) in [6.45, 7) is 3.00. The van der Waals surface area contributed by atoms with Crippen molar-refractivity contribution in [1.29, 1.82) is 0 Å². The number of carbonyl (C=O) groups is 1. The van der Waals surface area contributed by atoms with Crippen LogP contribution >= 0.6 is 12.4 Å². The van der Waals surface area contributed by atoms with Crippen LogP contribution in [0.15, 0.2) is 30.5 Å². The van der Waals surface area contributed by atoms with Crippen molar-refractivity contribution in [2.75, 3.05) is 6.54 Å². The molecule has 2 aromatic rings. The number of fused-ring (bicyclic) bond motifs is 1. The molecule has 23 heavy (non-hydrogen) atoms. The molecule has 4 N–H and O–H groups in total. The predicted molar refractivity (Wildman–Crippen MR) is 96.8 cm³/mol. The fraction of sp³-hybridized carbons (Fsp3) is 0.500. The molecular weight excluding hydrogens is 310 g/mol. The lowest BCUT2D eigenvalue weighted by Crippen LogP contribution is -2.45. The van der Waals surface area contributed by atoms with Gasteiger partial charge in [0.15, 0.2) is 0 Å². The van der Waals surface area contributed by atoms with E-state index in [0.717, 1.165) is 23.0 Å². The third-order valence-electron chi connectivity index (χ3n) is 4.95. The first-order valence-corrected chi connectivity index (χ1v) is 8.16. The van der Waals surface area contributed by atoms with Gasteiger partial charge in [0, 0.05) is 23.6 Å². The van der Waals surface area contributed by atoms with E-state index in [9.17, 15) is 4.79 Å². The number of carbonyl (C=O) groups excluding carboxylic acids is 1. The van der Waals surface area contributed by atoms with Crippen LogP contribution in [-0.2, 0) is 11.2 Å². The summed E-state index contributed by atoms with van der Waals surface area (Å²) in [5.74, 6) is -0.0431.